The van der Waals surface area contributed by atoms with Crippen molar-refractivity contribution < 1.29 is 4.74 Å². The van der Waals surface area contributed by atoms with Gasteiger partial charge in [0, 0.05) is 46.4 Å². The van der Waals surface area contributed by atoms with Gasteiger partial charge in [-0.2, -0.15) is 11.8 Å². The number of piperidine rings is 1. The molecule has 0 aromatic heterocycles. The fraction of sp³-hybridized carbons (Fsp3) is 0.929. The molecule has 0 spiro atoms. The second kappa shape index (κ2) is 11.2. The number of methoxy groups -OCH3 is 1. The highest BCUT2D eigenvalue weighted by atomic mass is 32.2. The Morgan fingerprint density at radius 1 is 1.40 bits per heavy atom. The highest BCUT2D eigenvalue weighted by molar-refractivity contribution is 7.98. The molecule has 1 saturated heterocycles. The number of likely N-dealkylation sites (tertiary alicyclic amines) is 1. The highest BCUT2D eigenvalue weighted by Gasteiger charge is 2.19. The van der Waals surface area contributed by atoms with Crippen molar-refractivity contribution in [2.75, 3.05) is 59.0 Å². The molecule has 118 valence electrons. The van der Waals surface area contributed by atoms with Crippen LogP contribution < -0.4 is 10.6 Å². The molecule has 20 heavy (non-hydrogen) atoms. The molecule has 1 aliphatic rings. The summed E-state index contributed by atoms with van der Waals surface area (Å²) in [5, 5.41) is 6.92. The molecule has 6 heteroatoms. The molecule has 2 N–H and O–H groups in total. The molecular formula is C14H30N4OS. The molecule has 0 amide bonds. The van der Waals surface area contributed by atoms with E-state index in [4.69, 9.17) is 4.74 Å². The molecule has 1 rings (SSSR count). The van der Waals surface area contributed by atoms with Crippen molar-refractivity contribution in [1.82, 2.24) is 15.5 Å². The Bertz CT molecular complexity index is 268. The normalized spacial score (nSPS) is 18.2. The average molecular weight is 302 g/mol. The van der Waals surface area contributed by atoms with Gasteiger partial charge in [0.1, 0.15) is 0 Å². The summed E-state index contributed by atoms with van der Waals surface area (Å²) in [5.74, 6) is 2.14. The van der Waals surface area contributed by atoms with E-state index in [1.54, 1.807) is 7.11 Å². The van der Waals surface area contributed by atoms with E-state index in [0.717, 1.165) is 38.7 Å². The summed E-state index contributed by atoms with van der Waals surface area (Å²) >= 11 is 1.89. The molecule has 5 nitrogen and oxygen atoms in total. The second-order valence-corrected chi connectivity index (χ2v) is 6.08. The molecule has 0 radical (unpaired) electrons. The Kier molecular flexibility index (Phi) is 9.87. The van der Waals surface area contributed by atoms with Gasteiger partial charge in [0.2, 0.25) is 0 Å². The largest absolute Gasteiger partial charge is 0.383 e. The van der Waals surface area contributed by atoms with Crippen LogP contribution in [0.2, 0.25) is 0 Å². The summed E-state index contributed by atoms with van der Waals surface area (Å²) in [4.78, 5) is 6.77. The quantitative estimate of drug-likeness (QED) is 0.398. The first-order valence-corrected chi connectivity index (χ1v) is 8.87. The number of hydrogen-bond donors (Lipinski definition) is 2. The summed E-state index contributed by atoms with van der Waals surface area (Å²) in [7, 11) is 3.61. The van der Waals surface area contributed by atoms with Crippen LogP contribution in [0.25, 0.3) is 0 Å². The summed E-state index contributed by atoms with van der Waals surface area (Å²) in [6.45, 7) is 5.16. The van der Waals surface area contributed by atoms with Gasteiger partial charge in [0.05, 0.1) is 6.61 Å². The summed E-state index contributed by atoms with van der Waals surface area (Å²) in [6.07, 6.45) is 5.67. The first kappa shape index (κ1) is 17.6. The van der Waals surface area contributed by atoms with Gasteiger partial charge in [-0.05, 0) is 31.3 Å². The minimum absolute atomic E-state index is 0.542. The molecule has 1 fully saturated rings. The topological polar surface area (TPSA) is 48.9 Å². The van der Waals surface area contributed by atoms with E-state index < -0.39 is 0 Å². The number of ether oxygens (including phenoxy) is 1. The van der Waals surface area contributed by atoms with E-state index >= 15 is 0 Å². The van der Waals surface area contributed by atoms with Gasteiger partial charge in [0.25, 0.3) is 0 Å². The predicted octanol–water partition coefficient (Wildman–Crippen LogP) is 1.02. The molecule has 1 aliphatic heterocycles. The SMILES string of the molecule is CN=C(NCCCSC)NC1CCN(CCOC)CC1. The Labute approximate surface area is 127 Å². The number of guanidine groups is 1. The average Bonchev–Trinajstić information content (AvgIpc) is 2.49. The van der Waals surface area contributed by atoms with Crippen LogP contribution in [0.4, 0.5) is 0 Å². The number of nitrogens with one attached hydrogen (secondary N) is 2. The maximum Gasteiger partial charge on any atom is 0.191 e. The molecular weight excluding hydrogens is 272 g/mol. The van der Waals surface area contributed by atoms with E-state index in [2.05, 4.69) is 26.8 Å². The van der Waals surface area contributed by atoms with Gasteiger partial charge in [-0.1, -0.05) is 0 Å². The molecule has 1 heterocycles. The maximum atomic E-state index is 5.13. The van der Waals surface area contributed by atoms with Crippen LogP contribution in [0.15, 0.2) is 4.99 Å². The predicted molar refractivity (Wildman–Crippen MR) is 88.8 cm³/mol. The van der Waals surface area contributed by atoms with Crippen molar-refractivity contribution in [3.05, 3.63) is 0 Å². The monoisotopic (exact) mass is 302 g/mol. The highest BCUT2D eigenvalue weighted by Crippen LogP contribution is 2.09. The van der Waals surface area contributed by atoms with E-state index in [1.807, 2.05) is 18.8 Å². The minimum atomic E-state index is 0.542. The van der Waals surface area contributed by atoms with Crippen molar-refractivity contribution >= 4 is 17.7 Å². The molecule has 0 aromatic rings. The molecule has 0 aromatic carbocycles. The number of nitrogens with zero attached hydrogens (tertiary/aromatic N) is 2. The first-order valence-electron chi connectivity index (χ1n) is 7.47. The van der Waals surface area contributed by atoms with Crippen LogP contribution in [0.3, 0.4) is 0 Å². The molecule has 0 atom stereocenters. The van der Waals surface area contributed by atoms with Gasteiger partial charge in [-0.3, -0.25) is 4.99 Å². The standard InChI is InChI=1S/C14H30N4OS/c1-15-14(16-7-4-12-20-3)17-13-5-8-18(9-6-13)10-11-19-2/h13H,4-12H2,1-3H3,(H2,15,16,17). The van der Waals surface area contributed by atoms with E-state index in [9.17, 15) is 0 Å². The fourth-order valence-corrected chi connectivity index (χ4v) is 2.77. The van der Waals surface area contributed by atoms with E-state index in [1.165, 1.54) is 25.0 Å². The van der Waals surface area contributed by atoms with Crippen LogP contribution in [-0.4, -0.2) is 75.9 Å². The van der Waals surface area contributed by atoms with Gasteiger partial charge in [0.15, 0.2) is 5.96 Å². The van der Waals surface area contributed by atoms with Gasteiger partial charge < -0.3 is 20.3 Å². The first-order chi connectivity index (χ1) is 9.80. The molecule has 0 unspecified atom stereocenters. The van der Waals surface area contributed by atoms with Gasteiger partial charge in [-0.25, -0.2) is 0 Å². The lowest BCUT2D eigenvalue weighted by atomic mass is 10.1. The van der Waals surface area contributed by atoms with Crippen molar-refractivity contribution in [3.8, 4) is 0 Å². The van der Waals surface area contributed by atoms with Crippen LogP contribution in [0, 0.1) is 0 Å². The van der Waals surface area contributed by atoms with Gasteiger partial charge >= 0.3 is 0 Å². The summed E-state index contributed by atoms with van der Waals surface area (Å²) in [6, 6.07) is 0.542. The zero-order valence-electron chi connectivity index (χ0n) is 13.2. The third-order valence-electron chi connectivity index (χ3n) is 3.58. The third kappa shape index (κ3) is 7.36. The van der Waals surface area contributed by atoms with E-state index in [-0.39, 0.29) is 0 Å². The lowest BCUT2D eigenvalue weighted by Crippen LogP contribution is -2.49. The fourth-order valence-electron chi connectivity index (χ4n) is 2.33. The van der Waals surface area contributed by atoms with Crippen LogP contribution in [0.1, 0.15) is 19.3 Å². The third-order valence-corrected chi connectivity index (χ3v) is 4.28. The minimum Gasteiger partial charge on any atom is -0.383 e. The summed E-state index contributed by atoms with van der Waals surface area (Å²) in [5.41, 5.74) is 0. The number of aliphatic imine (C=N–C) groups is 1. The smallest absolute Gasteiger partial charge is 0.191 e. The number of thioether (sulfide) groups is 1. The second-order valence-electron chi connectivity index (χ2n) is 5.10. The summed E-state index contributed by atoms with van der Waals surface area (Å²) < 4.78 is 5.13. The molecule has 0 saturated carbocycles. The zero-order chi connectivity index (χ0) is 14.6. The van der Waals surface area contributed by atoms with Crippen molar-refractivity contribution in [1.29, 1.82) is 0 Å². The lowest BCUT2D eigenvalue weighted by molar-refractivity contribution is 0.128. The Morgan fingerprint density at radius 2 is 2.15 bits per heavy atom. The van der Waals surface area contributed by atoms with Gasteiger partial charge in [-0.15, -0.1) is 0 Å². The van der Waals surface area contributed by atoms with E-state index in [0.29, 0.717) is 6.04 Å². The Balaban J connectivity index is 2.17. The number of hydrogen-bond acceptors (Lipinski definition) is 4. The Morgan fingerprint density at radius 3 is 2.75 bits per heavy atom. The van der Waals surface area contributed by atoms with Crippen molar-refractivity contribution in [3.63, 3.8) is 0 Å². The molecule has 0 bridgehead atoms. The lowest BCUT2D eigenvalue weighted by Gasteiger charge is -2.32. The van der Waals surface area contributed by atoms with Crippen LogP contribution in [0.5, 0.6) is 0 Å². The maximum absolute atomic E-state index is 5.13. The Hall–Kier alpha value is -0.460. The van der Waals surface area contributed by atoms with Crippen molar-refractivity contribution in [2.24, 2.45) is 4.99 Å². The number of rotatable bonds is 8. The van der Waals surface area contributed by atoms with Crippen LogP contribution in [-0.2, 0) is 4.74 Å². The zero-order valence-corrected chi connectivity index (χ0v) is 14.0. The molecule has 0 aliphatic carbocycles. The van der Waals surface area contributed by atoms with Crippen molar-refractivity contribution in [2.45, 2.75) is 25.3 Å². The van der Waals surface area contributed by atoms with Crippen LogP contribution >= 0.6 is 11.8 Å².